The number of hydrazone groups is 1. The van der Waals surface area contributed by atoms with Gasteiger partial charge in [0.1, 0.15) is 12.4 Å². The lowest BCUT2D eigenvalue weighted by atomic mass is 10.1. The monoisotopic (exact) mass is 305 g/mol. The number of nitrogens with two attached hydrogens (primary N) is 1. The fraction of sp³-hybridized carbons (Fsp3) is 0.0667. The standard InChI is InChI=1S/C15H13F2N3O2/c16-13-5-4-12(7-14(13)17)22-9-11-3-1-2-10(6-11)8-19-20-15(18)21/h1-8H,9H2,(H3,18,20,21). The normalized spacial score (nSPS) is 10.6. The van der Waals surface area contributed by atoms with E-state index in [1.54, 1.807) is 24.3 Å². The van der Waals surface area contributed by atoms with E-state index < -0.39 is 17.7 Å². The van der Waals surface area contributed by atoms with Gasteiger partial charge in [-0.3, -0.25) is 0 Å². The fourth-order valence-corrected chi connectivity index (χ4v) is 1.67. The summed E-state index contributed by atoms with van der Waals surface area (Å²) in [4.78, 5) is 10.5. The van der Waals surface area contributed by atoms with E-state index in [-0.39, 0.29) is 12.4 Å². The summed E-state index contributed by atoms with van der Waals surface area (Å²) in [7, 11) is 0. The van der Waals surface area contributed by atoms with Gasteiger partial charge < -0.3 is 10.5 Å². The number of hydrogen-bond donors (Lipinski definition) is 2. The third-order valence-electron chi connectivity index (χ3n) is 2.64. The Labute approximate surface area is 125 Å². The molecule has 2 aromatic carbocycles. The van der Waals surface area contributed by atoms with Crippen molar-refractivity contribution in [2.45, 2.75) is 6.61 Å². The Kier molecular flexibility index (Phi) is 5.02. The number of hydrogen-bond acceptors (Lipinski definition) is 3. The van der Waals surface area contributed by atoms with Crippen molar-refractivity contribution in [1.29, 1.82) is 0 Å². The number of carbonyl (C=O) groups excluding carboxylic acids is 1. The second-order valence-electron chi connectivity index (χ2n) is 4.34. The van der Waals surface area contributed by atoms with Gasteiger partial charge in [0.25, 0.3) is 0 Å². The predicted octanol–water partition coefficient (Wildman–Crippen LogP) is 2.55. The second kappa shape index (κ2) is 7.16. The van der Waals surface area contributed by atoms with E-state index in [0.717, 1.165) is 23.3 Å². The van der Waals surface area contributed by atoms with Gasteiger partial charge in [-0.2, -0.15) is 5.10 Å². The number of carbonyl (C=O) groups is 1. The van der Waals surface area contributed by atoms with E-state index in [9.17, 15) is 13.6 Å². The summed E-state index contributed by atoms with van der Waals surface area (Å²) < 4.78 is 31.2. The van der Waals surface area contributed by atoms with Crippen molar-refractivity contribution in [3.8, 4) is 5.75 Å². The molecule has 7 heteroatoms. The minimum atomic E-state index is -0.962. The van der Waals surface area contributed by atoms with Crippen LogP contribution in [-0.4, -0.2) is 12.2 Å². The van der Waals surface area contributed by atoms with Crippen LogP contribution in [-0.2, 0) is 6.61 Å². The maximum Gasteiger partial charge on any atom is 0.332 e. The SMILES string of the molecule is NC(=O)NN=Cc1cccc(COc2ccc(F)c(F)c2)c1. The van der Waals surface area contributed by atoms with Crippen molar-refractivity contribution in [2.24, 2.45) is 10.8 Å². The molecule has 0 unspecified atom stereocenters. The lowest BCUT2D eigenvalue weighted by Gasteiger charge is -2.07. The first-order chi connectivity index (χ1) is 10.5. The van der Waals surface area contributed by atoms with Gasteiger partial charge in [-0.15, -0.1) is 0 Å². The van der Waals surface area contributed by atoms with Crippen LogP contribution in [0.5, 0.6) is 5.75 Å². The van der Waals surface area contributed by atoms with Crippen molar-refractivity contribution >= 4 is 12.2 Å². The number of halogens is 2. The molecule has 0 spiro atoms. The highest BCUT2D eigenvalue weighted by molar-refractivity contribution is 5.81. The van der Waals surface area contributed by atoms with Gasteiger partial charge in [-0.25, -0.2) is 19.0 Å². The number of ether oxygens (including phenoxy) is 1. The van der Waals surface area contributed by atoms with E-state index in [0.29, 0.717) is 0 Å². The molecule has 0 bridgehead atoms. The number of rotatable bonds is 5. The molecule has 114 valence electrons. The molecule has 2 amide bonds. The zero-order valence-corrected chi connectivity index (χ0v) is 11.4. The molecule has 0 fully saturated rings. The molecule has 2 aromatic rings. The summed E-state index contributed by atoms with van der Waals surface area (Å²) in [5.41, 5.74) is 8.48. The van der Waals surface area contributed by atoms with E-state index >= 15 is 0 Å². The van der Waals surface area contributed by atoms with Crippen LogP contribution in [0.15, 0.2) is 47.6 Å². The molecule has 22 heavy (non-hydrogen) atoms. The average Bonchev–Trinajstić information content (AvgIpc) is 2.49. The lowest BCUT2D eigenvalue weighted by molar-refractivity contribution is 0.249. The van der Waals surface area contributed by atoms with Gasteiger partial charge in [0, 0.05) is 6.07 Å². The zero-order valence-electron chi connectivity index (χ0n) is 11.4. The highest BCUT2D eigenvalue weighted by Crippen LogP contribution is 2.17. The summed E-state index contributed by atoms with van der Waals surface area (Å²) in [5, 5.41) is 3.64. The number of urea groups is 1. The van der Waals surface area contributed by atoms with Crippen LogP contribution in [0.1, 0.15) is 11.1 Å². The van der Waals surface area contributed by atoms with Crippen LogP contribution in [0.4, 0.5) is 13.6 Å². The topological polar surface area (TPSA) is 76.7 Å². The van der Waals surface area contributed by atoms with Crippen molar-refractivity contribution in [1.82, 2.24) is 5.43 Å². The van der Waals surface area contributed by atoms with Gasteiger partial charge >= 0.3 is 6.03 Å². The summed E-state index contributed by atoms with van der Waals surface area (Å²) in [6, 6.07) is 9.70. The van der Waals surface area contributed by atoms with Gasteiger partial charge in [0.2, 0.25) is 0 Å². The Bertz CT molecular complexity index is 705. The maximum atomic E-state index is 13.1. The predicted molar refractivity (Wildman–Crippen MR) is 77.4 cm³/mol. The molecule has 0 saturated carbocycles. The van der Waals surface area contributed by atoms with Crippen LogP contribution >= 0.6 is 0 Å². The molecule has 3 N–H and O–H groups in total. The molecule has 0 atom stereocenters. The van der Waals surface area contributed by atoms with Crippen LogP contribution in [0, 0.1) is 11.6 Å². The first-order valence-corrected chi connectivity index (χ1v) is 6.30. The third-order valence-corrected chi connectivity index (χ3v) is 2.64. The highest BCUT2D eigenvalue weighted by atomic mass is 19.2. The van der Waals surface area contributed by atoms with Crippen molar-refractivity contribution in [2.75, 3.05) is 0 Å². The van der Waals surface area contributed by atoms with Gasteiger partial charge in [-0.1, -0.05) is 18.2 Å². The largest absolute Gasteiger partial charge is 0.489 e. The maximum absolute atomic E-state index is 13.1. The second-order valence-corrected chi connectivity index (χ2v) is 4.34. The van der Waals surface area contributed by atoms with Crippen LogP contribution in [0.3, 0.4) is 0 Å². The molecule has 0 radical (unpaired) electrons. The number of nitrogens with one attached hydrogen (secondary N) is 1. The first kappa shape index (κ1) is 15.4. The van der Waals surface area contributed by atoms with E-state index in [2.05, 4.69) is 10.5 Å². The fourth-order valence-electron chi connectivity index (χ4n) is 1.67. The quantitative estimate of drug-likeness (QED) is 0.658. The first-order valence-electron chi connectivity index (χ1n) is 6.30. The Morgan fingerprint density at radius 2 is 2.05 bits per heavy atom. The number of benzene rings is 2. The molecule has 5 nitrogen and oxygen atoms in total. The van der Waals surface area contributed by atoms with Crippen molar-refractivity contribution in [3.05, 3.63) is 65.2 Å². The summed E-state index contributed by atoms with van der Waals surface area (Å²) in [5.74, 6) is -1.66. The van der Waals surface area contributed by atoms with Crippen LogP contribution in [0.2, 0.25) is 0 Å². The van der Waals surface area contributed by atoms with Crippen molar-refractivity contribution < 1.29 is 18.3 Å². The van der Waals surface area contributed by atoms with Gasteiger partial charge in [-0.05, 0) is 29.3 Å². The van der Waals surface area contributed by atoms with Gasteiger partial charge in [0.05, 0.1) is 6.21 Å². The molecular weight excluding hydrogens is 292 g/mol. The smallest absolute Gasteiger partial charge is 0.332 e. The third kappa shape index (κ3) is 4.55. The molecular formula is C15H13F2N3O2. The number of amides is 2. The van der Waals surface area contributed by atoms with Crippen LogP contribution < -0.4 is 15.9 Å². The Balaban J connectivity index is 1.99. The van der Waals surface area contributed by atoms with E-state index in [4.69, 9.17) is 10.5 Å². The highest BCUT2D eigenvalue weighted by Gasteiger charge is 2.03. The Hall–Kier alpha value is -2.96. The van der Waals surface area contributed by atoms with Gasteiger partial charge in [0.15, 0.2) is 11.6 Å². The molecule has 0 aliphatic heterocycles. The molecule has 0 heterocycles. The summed E-state index contributed by atoms with van der Waals surface area (Å²) in [6.07, 6.45) is 1.42. The number of primary amides is 1. The molecule has 0 aliphatic rings. The molecule has 0 aliphatic carbocycles. The molecule has 0 aromatic heterocycles. The minimum absolute atomic E-state index is 0.177. The van der Waals surface area contributed by atoms with Crippen molar-refractivity contribution in [3.63, 3.8) is 0 Å². The van der Waals surface area contributed by atoms with Crippen LogP contribution in [0.25, 0.3) is 0 Å². The number of nitrogens with zero attached hydrogens (tertiary/aromatic N) is 1. The summed E-state index contributed by atoms with van der Waals surface area (Å²) in [6.45, 7) is 0.177. The zero-order chi connectivity index (χ0) is 15.9. The van der Waals surface area contributed by atoms with E-state index in [1.165, 1.54) is 12.3 Å². The molecule has 0 saturated heterocycles. The average molecular weight is 305 g/mol. The summed E-state index contributed by atoms with van der Waals surface area (Å²) >= 11 is 0. The molecule has 2 rings (SSSR count). The van der Waals surface area contributed by atoms with E-state index in [1.807, 2.05) is 0 Å². The Morgan fingerprint density at radius 1 is 1.23 bits per heavy atom. The lowest BCUT2D eigenvalue weighted by Crippen LogP contribution is -2.24. The Morgan fingerprint density at radius 3 is 2.77 bits per heavy atom. The minimum Gasteiger partial charge on any atom is -0.489 e.